The first-order valence-electron chi connectivity index (χ1n) is 6.82. The Kier molecular flexibility index (Phi) is 6.86. The number of nitrogens with two attached hydrogens (primary N) is 1. The van der Waals surface area contributed by atoms with Crippen LogP contribution < -0.4 is 5.73 Å². The Bertz CT molecular complexity index is 253. The van der Waals surface area contributed by atoms with Crippen molar-refractivity contribution in [3.05, 3.63) is 0 Å². The molecule has 18 heavy (non-hydrogen) atoms. The molecule has 0 aromatic heterocycles. The Balaban J connectivity index is 4.64. The zero-order chi connectivity index (χ0) is 14.5. The molecule has 0 saturated carbocycles. The monoisotopic (exact) mass is 258 g/mol. The van der Waals surface area contributed by atoms with Gasteiger partial charge in [-0.15, -0.1) is 0 Å². The highest BCUT2D eigenvalue weighted by Gasteiger charge is 2.32. The zero-order valence-corrected chi connectivity index (χ0v) is 12.7. The molecule has 2 unspecified atom stereocenters. The average Bonchev–Trinajstić information content (AvgIpc) is 2.13. The lowest BCUT2D eigenvalue weighted by Gasteiger charge is -2.35. The van der Waals surface area contributed by atoms with E-state index in [0.29, 0.717) is 18.3 Å². The fourth-order valence-corrected chi connectivity index (χ4v) is 2.20. The van der Waals surface area contributed by atoms with Gasteiger partial charge in [0, 0.05) is 19.1 Å². The topological polar surface area (TPSA) is 66.6 Å². The van der Waals surface area contributed by atoms with Gasteiger partial charge in [0.2, 0.25) is 0 Å². The van der Waals surface area contributed by atoms with E-state index >= 15 is 0 Å². The van der Waals surface area contributed by atoms with Crippen LogP contribution in [0, 0.1) is 11.8 Å². The lowest BCUT2D eigenvalue weighted by Crippen LogP contribution is -2.51. The SMILES string of the molecule is CC(C)CN(CC(C)C)C(C)CC(C)(N)C(=O)O. The van der Waals surface area contributed by atoms with Gasteiger partial charge in [0.25, 0.3) is 0 Å². The summed E-state index contributed by atoms with van der Waals surface area (Å²) in [5, 5.41) is 9.09. The Hall–Kier alpha value is -0.610. The van der Waals surface area contributed by atoms with Crippen molar-refractivity contribution in [1.29, 1.82) is 0 Å². The van der Waals surface area contributed by atoms with E-state index in [1.54, 1.807) is 6.92 Å². The maximum Gasteiger partial charge on any atom is 0.323 e. The highest BCUT2D eigenvalue weighted by molar-refractivity contribution is 5.77. The van der Waals surface area contributed by atoms with E-state index in [2.05, 4.69) is 39.5 Å². The smallest absolute Gasteiger partial charge is 0.323 e. The molecule has 0 heterocycles. The molecule has 2 atom stereocenters. The first kappa shape index (κ1) is 17.4. The van der Waals surface area contributed by atoms with Gasteiger partial charge in [-0.1, -0.05) is 27.7 Å². The predicted molar refractivity (Wildman–Crippen MR) is 75.6 cm³/mol. The van der Waals surface area contributed by atoms with Crippen molar-refractivity contribution in [1.82, 2.24) is 4.90 Å². The summed E-state index contributed by atoms with van der Waals surface area (Å²) in [6.45, 7) is 14.3. The molecule has 0 aliphatic carbocycles. The number of hydrogen-bond acceptors (Lipinski definition) is 3. The molecule has 0 bridgehead atoms. The first-order chi connectivity index (χ1) is 8.06. The number of carboxylic acid groups (broad SMARTS) is 1. The van der Waals surface area contributed by atoms with Crippen molar-refractivity contribution in [3.63, 3.8) is 0 Å². The van der Waals surface area contributed by atoms with E-state index in [4.69, 9.17) is 10.8 Å². The molecule has 3 N–H and O–H groups in total. The summed E-state index contributed by atoms with van der Waals surface area (Å²) in [5.74, 6) is 0.212. The van der Waals surface area contributed by atoms with Crippen molar-refractivity contribution < 1.29 is 9.90 Å². The van der Waals surface area contributed by atoms with Crippen LogP contribution >= 0.6 is 0 Å². The molecule has 4 nitrogen and oxygen atoms in total. The van der Waals surface area contributed by atoms with E-state index in [1.807, 2.05) is 0 Å². The molecule has 0 rings (SSSR count). The summed E-state index contributed by atoms with van der Waals surface area (Å²) in [4.78, 5) is 13.4. The van der Waals surface area contributed by atoms with E-state index in [9.17, 15) is 4.79 Å². The first-order valence-corrected chi connectivity index (χ1v) is 6.82. The number of nitrogens with zero attached hydrogens (tertiary/aromatic N) is 1. The van der Waals surface area contributed by atoms with Gasteiger partial charge in [0.05, 0.1) is 0 Å². The molecule has 0 saturated heterocycles. The van der Waals surface area contributed by atoms with Gasteiger partial charge in [-0.3, -0.25) is 4.79 Å². The van der Waals surface area contributed by atoms with Crippen LogP contribution in [-0.4, -0.2) is 40.6 Å². The Morgan fingerprint density at radius 2 is 1.56 bits per heavy atom. The quantitative estimate of drug-likeness (QED) is 0.700. The second-order valence-corrected chi connectivity index (χ2v) is 6.52. The Morgan fingerprint density at radius 1 is 1.17 bits per heavy atom. The van der Waals surface area contributed by atoms with Crippen molar-refractivity contribution >= 4 is 5.97 Å². The van der Waals surface area contributed by atoms with Crippen LogP contribution in [0.5, 0.6) is 0 Å². The van der Waals surface area contributed by atoms with Gasteiger partial charge in [0.15, 0.2) is 0 Å². The van der Waals surface area contributed by atoms with Gasteiger partial charge in [-0.2, -0.15) is 0 Å². The number of rotatable bonds is 8. The molecule has 0 fully saturated rings. The van der Waals surface area contributed by atoms with Crippen LogP contribution in [0.15, 0.2) is 0 Å². The van der Waals surface area contributed by atoms with Crippen LogP contribution in [0.4, 0.5) is 0 Å². The normalized spacial score (nSPS) is 17.2. The summed E-state index contributed by atoms with van der Waals surface area (Å²) in [7, 11) is 0. The third-order valence-corrected chi connectivity index (χ3v) is 3.03. The molecule has 0 aliphatic heterocycles. The van der Waals surface area contributed by atoms with Gasteiger partial charge < -0.3 is 15.7 Å². The van der Waals surface area contributed by atoms with Crippen LogP contribution in [0.25, 0.3) is 0 Å². The van der Waals surface area contributed by atoms with Gasteiger partial charge >= 0.3 is 5.97 Å². The molecule has 4 heteroatoms. The number of hydrogen-bond donors (Lipinski definition) is 2. The second-order valence-electron chi connectivity index (χ2n) is 6.52. The summed E-state index contributed by atoms with van der Waals surface area (Å²) in [6, 6.07) is 0.181. The van der Waals surface area contributed by atoms with Crippen molar-refractivity contribution in [3.8, 4) is 0 Å². The predicted octanol–water partition coefficient (Wildman–Crippen LogP) is 2.18. The molecule has 108 valence electrons. The average molecular weight is 258 g/mol. The Morgan fingerprint density at radius 3 is 1.83 bits per heavy atom. The largest absolute Gasteiger partial charge is 0.480 e. The number of carboxylic acids is 1. The highest BCUT2D eigenvalue weighted by atomic mass is 16.4. The lowest BCUT2D eigenvalue weighted by molar-refractivity contribution is -0.143. The zero-order valence-electron chi connectivity index (χ0n) is 12.7. The van der Waals surface area contributed by atoms with Crippen LogP contribution in [0.1, 0.15) is 48.0 Å². The van der Waals surface area contributed by atoms with Crippen LogP contribution in [0.3, 0.4) is 0 Å². The molecular formula is C14H30N2O2. The maximum absolute atomic E-state index is 11.1. The number of aliphatic carboxylic acids is 1. The fraction of sp³-hybridized carbons (Fsp3) is 0.929. The van der Waals surface area contributed by atoms with E-state index < -0.39 is 11.5 Å². The fourth-order valence-electron chi connectivity index (χ4n) is 2.20. The number of carbonyl (C=O) groups is 1. The van der Waals surface area contributed by atoms with E-state index in [0.717, 1.165) is 13.1 Å². The third kappa shape index (κ3) is 6.36. The molecular weight excluding hydrogens is 228 g/mol. The third-order valence-electron chi connectivity index (χ3n) is 3.03. The minimum Gasteiger partial charge on any atom is -0.480 e. The summed E-state index contributed by atoms with van der Waals surface area (Å²) >= 11 is 0. The molecule has 0 spiro atoms. The summed E-state index contributed by atoms with van der Waals surface area (Å²) in [6.07, 6.45) is 0.474. The van der Waals surface area contributed by atoms with Gasteiger partial charge in [0.1, 0.15) is 5.54 Å². The molecule has 0 radical (unpaired) electrons. The minimum absolute atomic E-state index is 0.181. The summed E-state index contributed by atoms with van der Waals surface area (Å²) < 4.78 is 0. The van der Waals surface area contributed by atoms with Crippen molar-refractivity contribution in [2.75, 3.05) is 13.1 Å². The molecule has 0 amide bonds. The second kappa shape index (κ2) is 7.10. The van der Waals surface area contributed by atoms with Crippen LogP contribution in [0.2, 0.25) is 0 Å². The Labute approximate surface area is 112 Å². The standard InChI is InChI=1S/C14H30N2O2/c1-10(2)8-16(9-11(3)4)12(5)7-14(6,15)13(17)18/h10-12H,7-9,15H2,1-6H3,(H,17,18). The molecule has 0 aromatic rings. The highest BCUT2D eigenvalue weighted by Crippen LogP contribution is 2.17. The van der Waals surface area contributed by atoms with E-state index in [1.165, 1.54) is 0 Å². The van der Waals surface area contributed by atoms with Gasteiger partial charge in [-0.05, 0) is 32.1 Å². The summed E-state index contributed by atoms with van der Waals surface area (Å²) in [5.41, 5.74) is 4.69. The van der Waals surface area contributed by atoms with Crippen molar-refractivity contribution in [2.45, 2.75) is 59.5 Å². The van der Waals surface area contributed by atoms with Crippen molar-refractivity contribution in [2.24, 2.45) is 17.6 Å². The lowest BCUT2D eigenvalue weighted by atomic mass is 9.93. The molecule has 0 aromatic carbocycles. The molecule has 0 aliphatic rings. The van der Waals surface area contributed by atoms with Gasteiger partial charge in [-0.25, -0.2) is 0 Å². The maximum atomic E-state index is 11.1. The van der Waals surface area contributed by atoms with Crippen LogP contribution in [-0.2, 0) is 4.79 Å². The van der Waals surface area contributed by atoms with E-state index in [-0.39, 0.29) is 6.04 Å². The minimum atomic E-state index is -1.15.